The summed E-state index contributed by atoms with van der Waals surface area (Å²) in [7, 11) is 0. The van der Waals surface area contributed by atoms with Gasteiger partial charge in [0.1, 0.15) is 0 Å². The molecule has 3 unspecified atom stereocenters. The van der Waals surface area contributed by atoms with Gasteiger partial charge in [-0.15, -0.1) is 11.3 Å². The van der Waals surface area contributed by atoms with E-state index in [1.54, 1.807) is 11.3 Å². The molecule has 2 aliphatic rings. The lowest BCUT2D eigenvalue weighted by Crippen LogP contribution is -2.32. The minimum Gasteiger partial charge on any atom is -0.481 e. The van der Waals surface area contributed by atoms with Crippen LogP contribution in [-0.2, 0) is 11.3 Å². The molecule has 3 heterocycles. The SMILES string of the molecule is O=C(O)C1CC2CCC1N2Cc1csc(Br)c1. The first-order valence-corrected chi connectivity index (χ1v) is 7.54. The third-order valence-corrected chi connectivity index (χ3v) is 5.54. The summed E-state index contributed by atoms with van der Waals surface area (Å²) in [6.07, 6.45) is 3.05. The Bertz CT molecular complexity index is 447. The third-order valence-electron chi connectivity index (χ3n) is 3.99. The first-order chi connectivity index (χ1) is 8.15. The number of carboxylic acid groups (broad SMARTS) is 1. The molecule has 0 spiro atoms. The fourth-order valence-corrected chi connectivity index (χ4v) is 4.45. The van der Waals surface area contributed by atoms with Crippen LogP contribution >= 0.6 is 27.3 Å². The molecule has 2 aliphatic heterocycles. The minimum absolute atomic E-state index is 0.143. The van der Waals surface area contributed by atoms with Crippen LogP contribution in [0.5, 0.6) is 0 Å². The van der Waals surface area contributed by atoms with Gasteiger partial charge in [-0.05, 0) is 52.2 Å². The van der Waals surface area contributed by atoms with E-state index in [0.29, 0.717) is 6.04 Å². The lowest BCUT2D eigenvalue weighted by atomic mass is 9.89. The zero-order valence-corrected chi connectivity index (χ0v) is 11.7. The molecule has 0 radical (unpaired) electrons. The van der Waals surface area contributed by atoms with Crippen LogP contribution in [0.4, 0.5) is 0 Å². The van der Waals surface area contributed by atoms with Crippen LogP contribution in [0, 0.1) is 5.92 Å². The lowest BCUT2D eigenvalue weighted by molar-refractivity contribution is -0.142. The van der Waals surface area contributed by atoms with Gasteiger partial charge in [0.15, 0.2) is 0 Å². The van der Waals surface area contributed by atoms with Crippen molar-refractivity contribution in [3.8, 4) is 0 Å². The number of halogens is 1. The largest absolute Gasteiger partial charge is 0.481 e. The number of aliphatic carboxylic acids is 1. The average molecular weight is 316 g/mol. The number of hydrogen-bond donors (Lipinski definition) is 1. The van der Waals surface area contributed by atoms with Crippen LogP contribution in [0.3, 0.4) is 0 Å². The molecule has 92 valence electrons. The maximum atomic E-state index is 11.2. The molecule has 2 saturated heterocycles. The Hall–Kier alpha value is -0.390. The summed E-state index contributed by atoms with van der Waals surface area (Å²) in [6.45, 7) is 0.904. The van der Waals surface area contributed by atoms with Crippen LogP contribution < -0.4 is 0 Å². The second kappa shape index (κ2) is 4.37. The van der Waals surface area contributed by atoms with Crippen molar-refractivity contribution in [1.29, 1.82) is 0 Å². The quantitative estimate of drug-likeness (QED) is 0.932. The maximum absolute atomic E-state index is 11.2. The van der Waals surface area contributed by atoms with E-state index in [9.17, 15) is 9.90 Å². The van der Waals surface area contributed by atoms with E-state index in [4.69, 9.17) is 0 Å². The van der Waals surface area contributed by atoms with Gasteiger partial charge in [-0.25, -0.2) is 0 Å². The maximum Gasteiger partial charge on any atom is 0.308 e. The van der Waals surface area contributed by atoms with Crippen molar-refractivity contribution in [3.63, 3.8) is 0 Å². The highest BCUT2D eigenvalue weighted by atomic mass is 79.9. The number of thiophene rings is 1. The van der Waals surface area contributed by atoms with Gasteiger partial charge in [-0.2, -0.15) is 0 Å². The fraction of sp³-hybridized carbons (Fsp3) is 0.583. The van der Waals surface area contributed by atoms with Crippen LogP contribution in [0.15, 0.2) is 15.2 Å². The van der Waals surface area contributed by atoms with Gasteiger partial charge in [0, 0.05) is 18.6 Å². The molecule has 3 nitrogen and oxygen atoms in total. The Balaban J connectivity index is 1.75. The van der Waals surface area contributed by atoms with Crippen LogP contribution in [-0.4, -0.2) is 28.1 Å². The van der Waals surface area contributed by atoms with Crippen LogP contribution in [0.25, 0.3) is 0 Å². The topological polar surface area (TPSA) is 40.5 Å². The molecule has 2 bridgehead atoms. The van der Waals surface area contributed by atoms with E-state index in [-0.39, 0.29) is 12.0 Å². The van der Waals surface area contributed by atoms with Gasteiger partial charge >= 0.3 is 5.97 Å². The molecule has 3 rings (SSSR count). The summed E-state index contributed by atoms with van der Waals surface area (Å²) in [6, 6.07) is 2.88. The minimum atomic E-state index is -0.617. The Kier molecular flexibility index (Phi) is 3.00. The average Bonchev–Trinajstić information content (AvgIpc) is 2.95. The Labute approximate surface area is 113 Å². The van der Waals surface area contributed by atoms with E-state index in [0.717, 1.165) is 23.2 Å². The molecule has 2 fully saturated rings. The molecule has 5 heteroatoms. The van der Waals surface area contributed by atoms with E-state index >= 15 is 0 Å². The number of fused-ring (bicyclic) bond motifs is 2. The Morgan fingerprint density at radius 2 is 2.41 bits per heavy atom. The van der Waals surface area contributed by atoms with Crippen molar-refractivity contribution >= 4 is 33.2 Å². The Morgan fingerprint density at radius 3 is 3.00 bits per heavy atom. The number of hydrogen-bond acceptors (Lipinski definition) is 3. The summed E-state index contributed by atoms with van der Waals surface area (Å²) in [4.78, 5) is 13.6. The molecule has 0 aromatic carbocycles. The van der Waals surface area contributed by atoms with E-state index in [1.807, 2.05) is 0 Å². The monoisotopic (exact) mass is 315 g/mol. The van der Waals surface area contributed by atoms with Crippen molar-refractivity contribution in [2.75, 3.05) is 0 Å². The van der Waals surface area contributed by atoms with Gasteiger partial charge in [0.05, 0.1) is 9.70 Å². The number of carbonyl (C=O) groups is 1. The first kappa shape index (κ1) is 11.7. The van der Waals surface area contributed by atoms with E-state index in [1.165, 1.54) is 12.0 Å². The zero-order chi connectivity index (χ0) is 12.0. The molecule has 17 heavy (non-hydrogen) atoms. The summed E-state index contributed by atoms with van der Waals surface area (Å²) >= 11 is 5.16. The normalized spacial score (nSPS) is 32.2. The van der Waals surface area contributed by atoms with Crippen molar-refractivity contribution in [2.24, 2.45) is 5.92 Å². The predicted octanol–water partition coefficient (Wildman–Crippen LogP) is 2.95. The molecule has 3 atom stereocenters. The van der Waals surface area contributed by atoms with E-state index < -0.39 is 5.97 Å². The molecule has 1 aromatic rings. The molecule has 0 aliphatic carbocycles. The Morgan fingerprint density at radius 1 is 1.59 bits per heavy atom. The van der Waals surface area contributed by atoms with Gasteiger partial charge in [-0.3, -0.25) is 9.69 Å². The van der Waals surface area contributed by atoms with Crippen LogP contribution in [0.1, 0.15) is 24.8 Å². The molecule has 1 N–H and O–H groups in total. The van der Waals surface area contributed by atoms with Crippen molar-refractivity contribution < 1.29 is 9.90 Å². The van der Waals surface area contributed by atoms with Crippen molar-refractivity contribution in [1.82, 2.24) is 4.90 Å². The molecular formula is C12H14BrNO2S. The van der Waals surface area contributed by atoms with Gasteiger partial charge in [0.2, 0.25) is 0 Å². The number of nitrogens with zero attached hydrogens (tertiary/aromatic N) is 1. The van der Waals surface area contributed by atoms with Crippen molar-refractivity contribution in [3.05, 3.63) is 20.8 Å². The fourth-order valence-electron chi connectivity index (χ4n) is 3.25. The summed E-state index contributed by atoms with van der Waals surface area (Å²) in [5.74, 6) is -0.760. The predicted molar refractivity (Wildman–Crippen MR) is 70.1 cm³/mol. The lowest BCUT2D eigenvalue weighted by Gasteiger charge is -2.22. The van der Waals surface area contributed by atoms with Crippen molar-refractivity contribution in [2.45, 2.75) is 37.9 Å². The number of carboxylic acids is 1. The van der Waals surface area contributed by atoms with E-state index in [2.05, 4.69) is 32.3 Å². The molecule has 1 aromatic heterocycles. The summed E-state index contributed by atoms with van der Waals surface area (Å²) in [5, 5.41) is 11.3. The second-order valence-corrected chi connectivity index (χ2v) is 7.20. The van der Waals surface area contributed by atoms with Gasteiger partial charge in [0.25, 0.3) is 0 Å². The van der Waals surface area contributed by atoms with Gasteiger partial charge < -0.3 is 5.11 Å². The third kappa shape index (κ3) is 2.04. The standard InChI is InChI=1S/C12H14BrNO2S/c13-11-3-7(6-17-11)5-14-8-1-2-10(14)9(4-8)12(15)16/h3,6,8-10H,1-2,4-5H2,(H,15,16). The second-order valence-electron chi connectivity index (χ2n) is 4.91. The van der Waals surface area contributed by atoms with Crippen LogP contribution in [0.2, 0.25) is 0 Å². The first-order valence-electron chi connectivity index (χ1n) is 5.86. The highest BCUT2D eigenvalue weighted by Crippen LogP contribution is 2.42. The number of rotatable bonds is 3. The molecular weight excluding hydrogens is 302 g/mol. The zero-order valence-electron chi connectivity index (χ0n) is 9.30. The molecule has 0 amide bonds. The highest BCUT2D eigenvalue weighted by molar-refractivity contribution is 9.11. The molecule has 0 saturated carbocycles. The smallest absolute Gasteiger partial charge is 0.308 e. The summed E-state index contributed by atoms with van der Waals surface area (Å²) < 4.78 is 1.15. The highest BCUT2D eigenvalue weighted by Gasteiger charge is 2.48. The van der Waals surface area contributed by atoms with Gasteiger partial charge in [-0.1, -0.05) is 0 Å². The summed E-state index contributed by atoms with van der Waals surface area (Å²) in [5.41, 5.74) is 1.30.